The van der Waals surface area contributed by atoms with Crippen LogP contribution < -0.4 is 10.6 Å². The van der Waals surface area contributed by atoms with Crippen molar-refractivity contribution in [2.24, 2.45) is 11.8 Å². The minimum absolute atomic E-state index is 0.126. The van der Waals surface area contributed by atoms with Crippen LogP contribution in [0.2, 0.25) is 0 Å². The van der Waals surface area contributed by atoms with Gasteiger partial charge in [-0.15, -0.1) is 0 Å². The van der Waals surface area contributed by atoms with Gasteiger partial charge in [0.15, 0.2) is 0 Å². The predicted molar refractivity (Wildman–Crippen MR) is 57.5 cm³/mol. The summed E-state index contributed by atoms with van der Waals surface area (Å²) in [6.45, 7) is 5.50. The second kappa shape index (κ2) is 4.94. The fraction of sp³-hybridized carbons (Fsp3) is 0.909. The SMILES string of the molecule is CC1CC1CNC(=O)CCOC1CNC1. The van der Waals surface area contributed by atoms with E-state index in [0.29, 0.717) is 19.1 Å². The first-order valence-corrected chi connectivity index (χ1v) is 5.84. The van der Waals surface area contributed by atoms with E-state index in [2.05, 4.69) is 17.6 Å². The predicted octanol–water partition coefficient (Wildman–Crippen LogP) is 0.137. The Hall–Kier alpha value is -0.610. The minimum Gasteiger partial charge on any atom is -0.375 e. The molecule has 2 aliphatic rings. The molecule has 2 N–H and O–H groups in total. The minimum atomic E-state index is 0.126. The lowest BCUT2D eigenvalue weighted by molar-refractivity contribution is -0.122. The fourth-order valence-electron chi connectivity index (χ4n) is 1.72. The molecule has 0 aromatic carbocycles. The van der Waals surface area contributed by atoms with Gasteiger partial charge in [0.05, 0.1) is 12.7 Å². The quantitative estimate of drug-likeness (QED) is 0.658. The van der Waals surface area contributed by atoms with Gasteiger partial charge >= 0.3 is 0 Å². The van der Waals surface area contributed by atoms with Crippen molar-refractivity contribution in [2.75, 3.05) is 26.2 Å². The van der Waals surface area contributed by atoms with E-state index in [0.717, 1.165) is 31.5 Å². The van der Waals surface area contributed by atoms with Crippen molar-refractivity contribution < 1.29 is 9.53 Å². The smallest absolute Gasteiger partial charge is 0.222 e. The van der Waals surface area contributed by atoms with Gasteiger partial charge in [-0.05, 0) is 18.3 Å². The molecule has 0 radical (unpaired) electrons. The number of nitrogens with one attached hydrogen (secondary N) is 2. The van der Waals surface area contributed by atoms with Gasteiger partial charge in [0.25, 0.3) is 0 Å². The van der Waals surface area contributed by atoms with Crippen molar-refractivity contribution in [3.8, 4) is 0 Å². The summed E-state index contributed by atoms with van der Waals surface area (Å²) in [7, 11) is 0. The first kappa shape index (κ1) is 10.9. The Morgan fingerprint density at radius 2 is 2.27 bits per heavy atom. The van der Waals surface area contributed by atoms with Crippen LogP contribution in [-0.2, 0) is 9.53 Å². The zero-order chi connectivity index (χ0) is 10.7. The number of hydrogen-bond donors (Lipinski definition) is 2. The van der Waals surface area contributed by atoms with Gasteiger partial charge in [0, 0.05) is 26.1 Å². The molecule has 0 spiro atoms. The van der Waals surface area contributed by atoms with E-state index in [9.17, 15) is 4.79 Å². The summed E-state index contributed by atoms with van der Waals surface area (Å²) in [6, 6.07) is 0. The maximum atomic E-state index is 11.4. The van der Waals surface area contributed by atoms with Crippen LogP contribution in [0.15, 0.2) is 0 Å². The molecule has 4 heteroatoms. The van der Waals surface area contributed by atoms with E-state index in [1.165, 1.54) is 6.42 Å². The molecule has 15 heavy (non-hydrogen) atoms. The molecular weight excluding hydrogens is 192 g/mol. The lowest BCUT2D eigenvalue weighted by atomic mass is 10.2. The van der Waals surface area contributed by atoms with Crippen molar-refractivity contribution in [3.05, 3.63) is 0 Å². The van der Waals surface area contributed by atoms with Crippen LogP contribution in [0.3, 0.4) is 0 Å². The molecule has 1 heterocycles. The van der Waals surface area contributed by atoms with Crippen LogP contribution in [0.5, 0.6) is 0 Å². The van der Waals surface area contributed by atoms with Crippen molar-refractivity contribution in [2.45, 2.75) is 25.9 Å². The molecular formula is C11H20N2O2. The molecule has 2 atom stereocenters. The molecule has 4 nitrogen and oxygen atoms in total. The van der Waals surface area contributed by atoms with Crippen molar-refractivity contribution in [3.63, 3.8) is 0 Å². The largest absolute Gasteiger partial charge is 0.375 e. The number of ether oxygens (including phenoxy) is 1. The second-order valence-electron chi connectivity index (χ2n) is 4.68. The molecule has 2 fully saturated rings. The normalized spacial score (nSPS) is 29.7. The summed E-state index contributed by atoms with van der Waals surface area (Å²) in [5, 5.41) is 6.08. The Morgan fingerprint density at radius 1 is 1.53 bits per heavy atom. The molecule has 1 aliphatic carbocycles. The third-order valence-corrected chi connectivity index (χ3v) is 3.26. The van der Waals surface area contributed by atoms with Crippen LogP contribution in [0.25, 0.3) is 0 Å². The molecule has 0 aromatic rings. The van der Waals surface area contributed by atoms with Gasteiger partial charge in [-0.25, -0.2) is 0 Å². The van der Waals surface area contributed by atoms with Crippen molar-refractivity contribution in [1.29, 1.82) is 0 Å². The second-order valence-corrected chi connectivity index (χ2v) is 4.68. The highest BCUT2D eigenvalue weighted by Crippen LogP contribution is 2.36. The van der Waals surface area contributed by atoms with Gasteiger partial charge in [-0.2, -0.15) is 0 Å². The zero-order valence-corrected chi connectivity index (χ0v) is 9.29. The first-order valence-electron chi connectivity index (χ1n) is 5.84. The molecule has 0 aromatic heterocycles. The van der Waals surface area contributed by atoms with Crippen molar-refractivity contribution in [1.82, 2.24) is 10.6 Å². The highest BCUT2D eigenvalue weighted by atomic mass is 16.5. The van der Waals surface area contributed by atoms with E-state index in [1.54, 1.807) is 0 Å². The molecule has 2 unspecified atom stereocenters. The van der Waals surface area contributed by atoms with Crippen molar-refractivity contribution >= 4 is 5.91 Å². The molecule has 86 valence electrons. The van der Waals surface area contributed by atoms with E-state index in [4.69, 9.17) is 4.74 Å². The Labute approximate surface area is 90.8 Å². The van der Waals surface area contributed by atoms with Crippen LogP contribution >= 0.6 is 0 Å². The van der Waals surface area contributed by atoms with Crippen LogP contribution in [0.4, 0.5) is 0 Å². The highest BCUT2D eigenvalue weighted by molar-refractivity contribution is 5.75. The maximum Gasteiger partial charge on any atom is 0.222 e. The lowest BCUT2D eigenvalue weighted by Crippen LogP contribution is -2.48. The van der Waals surface area contributed by atoms with Gasteiger partial charge in [-0.3, -0.25) is 4.79 Å². The molecule has 1 saturated carbocycles. The van der Waals surface area contributed by atoms with Gasteiger partial charge in [-0.1, -0.05) is 6.92 Å². The zero-order valence-electron chi connectivity index (χ0n) is 9.29. The Balaban J connectivity index is 1.45. The Morgan fingerprint density at radius 3 is 2.80 bits per heavy atom. The van der Waals surface area contributed by atoms with Crippen LogP contribution in [-0.4, -0.2) is 38.3 Å². The maximum absolute atomic E-state index is 11.4. The average molecular weight is 212 g/mol. The van der Waals surface area contributed by atoms with Gasteiger partial charge in [0.2, 0.25) is 5.91 Å². The average Bonchev–Trinajstić information content (AvgIpc) is 2.83. The monoisotopic (exact) mass is 212 g/mol. The summed E-state index contributed by atoms with van der Waals surface area (Å²) in [5.74, 6) is 1.66. The van der Waals surface area contributed by atoms with E-state index >= 15 is 0 Å². The highest BCUT2D eigenvalue weighted by Gasteiger charge is 2.32. The summed E-state index contributed by atoms with van der Waals surface area (Å²) in [6.07, 6.45) is 2.10. The summed E-state index contributed by atoms with van der Waals surface area (Å²) in [4.78, 5) is 11.4. The number of carbonyl (C=O) groups excluding carboxylic acids is 1. The standard InChI is InChI=1S/C11H20N2O2/c1-8-4-9(8)5-13-11(14)2-3-15-10-6-12-7-10/h8-10,12H,2-7H2,1H3,(H,13,14). The van der Waals surface area contributed by atoms with Gasteiger partial charge in [0.1, 0.15) is 0 Å². The van der Waals surface area contributed by atoms with Gasteiger partial charge < -0.3 is 15.4 Å². The lowest BCUT2D eigenvalue weighted by Gasteiger charge is -2.26. The molecule has 1 aliphatic heterocycles. The Kier molecular flexibility index (Phi) is 3.59. The summed E-state index contributed by atoms with van der Waals surface area (Å²) < 4.78 is 5.47. The summed E-state index contributed by atoms with van der Waals surface area (Å²) in [5.41, 5.74) is 0. The van der Waals surface area contributed by atoms with E-state index in [1.807, 2.05) is 0 Å². The fourth-order valence-corrected chi connectivity index (χ4v) is 1.72. The van der Waals surface area contributed by atoms with E-state index < -0.39 is 0 Å². The number of carbonyl (C=O) groups is 1. The van der Waals surface area contributed by atoms with E-state index in [-0.39, 0.29) is 5.91 Å². The molecule has 1 amide bonds. The number of amides is 1. The van der Waals surface area contributed by atoms with Crippen LogP contribution in [0.1, 0.15) is 19.8 Å². The molecule has 0 bridgehead atoms. The third kappa shape index (κ3) is 3.47. The first-order chi connectivity index (χ1) is 7.25. The number of rotatable bonds is 6. The third-order valence-electron chi connectivity index (χ3n) is 3.26. The Bertz CT molecular complexity index is 229. The molecule has 2 rings (SSSR count). The molecule has 1 saturated heterocycles. The number of hydrogen-bond acceptors (Lipinski definition) is 3. The summed E-state index contributed by atoms with van der Waals surface area (Å²) >= 11 is 0. The van der Waals surface area contributed by atoms with Crippen LogP contribution in [0, 0.1) is 11.8 Å². The topological polar surface area (TPSA) is 50.4 Å².